The molecule has 44 heavy (non-hydrogen) atoms. The Morgan fingerprint density at radius 1 is 0.955 bits per heavy atom. The minimum atomic E-state index is -0.851. The van der Waals surface area contributed by atoms with Gasteiger partial charge in [-0.1, -0.05) is 24.3 Å². The predicted octanol–water partition coefficient (Wildman–Crippen LogP) is 6.01. The lowest BCUT2D eigenvalue weighted by molar-refractivity contribution is -0.140. The second-order valence-electron chi connectivity index (χ2n) is 11.4. The highest BCUT2D eigenvalue weighted by Gasteiger charge is 2.31. The number of carboxylic acid groups (broad SMARTS) is 1. The number of benzene rings is 3. The van der Waals surface area contributed by atoms with Gasteiger partial charge in [-0.3, -0.25) is 9.59 Å². The van der Waals surface area contributed by atoms with Crippen LogP contribution in [0.25, 0.3) is 28.2 Å². The molecule has 5 aromatic rings. The summed E-state index contributed by atoms with van der Waals surface area (Å²) in [7, 11) is 0. The van der Waals surface area contributed by atoms with Crippen LogP contribution in [0.1, 0.15) is 41.0 Å². The lowest BCUT2D eigenvalue weighted by Gasteiger charge is -2.35. The van der Waals surface area contributed by atoms with Crippen LogP contribution in [0, 0.1) is 17.6 Å². The average molecular weight is 594 g/mol. The molecule has 0 aliphatic carbocycles. The molecule has 0 saturated carbocycles. The van der Waals surface area contributed by atoms with Crippen molar-refractivity contribution in [3.63, 3.8) is 0 Å². The maximum absolute atomic E-state index is 15.5. The van der Waals surface area contributed by atoms with E-state index in [9.17, 15) is 19.1 Å². The number of aromatic nitrogens is 3. The molecule has 0 radical (unpaired) electrons. The minimum absolute atomic E-state index is 0.144. The van der Waals surface area contributed by atoms with E-state index in [1.807, 2.05) is 30.0 Å². The van der Waals surface area contributed by atoms with Crippen molar-refractivity contribution < 1.29 is 23.5 Å². The second kappa shape index (κ2) is 10.9. The van der Waals surface area contributed by atoms with Gasteiger partial charge in [-0.25, -0.2) is 18.3 Å². The number of rotatable bonds is 5. The van der Waals surface area contributed by atoms with E-state index in [-0.39, 0.29) is 23.2 Å². The molecule has 1 saturated heterocycles. The van der Waals surface area contributed by atoms with Crippen LogP contribution in [-0.2, 0) is 11.2 Å². The largest absolute Gasteiger partial charge is 0.481 e. The molecule has 1 fully saturated rings. The molecular weight excluding hydrogens is 564 g/mol. The van der Waals surface area contributed by atoms with Gasteiger partial charge in [-0.15, -0.1) is 0 Å². The number of hydrogen-bond acceptors (Lipinski definition) is 5. The molecule has 2 atom stereocenters. The monoisotopic (exact) mass is 593 g/mol. The number of carbonyl (C=O) groups excluding carboxylic acids is 1. The Bertz CT molecular complexity index is 1920. The Morgan fingerprint density at radius 3 is 2.50 bits per heavy atom. The van der Waals surface area contributed by atoms with E-state index in [1.54, 1.807) is 45.8 Å². The number of fused-ring (bicyclic) bond motifs is 2. The number of carboxylic acids is 1. The van der Waals surface area contributed by atoms with Crippen molar-refractivity contribution in [2.75, 3.05) is 24.5 Å². The van der Waals surface area contributed by atoms with Gasteiger partial charge in [0.2, 0.25) is 0 Å². The van der Waals surface area contributed by atoms with Crippen molar-refractivity contribution in [3.05, 3.63) is 107 Å². The summed E-state index contributed by atoms with van der Waals surface area (Å²) in [6, 6.07) is 21.9. The highest BCUT2D eigenvalue weighted by atomic mass is 19.1. The second-order valence-corrected chi connectivity index (χ2v) is 11.4. The summed E-state index contributed by atoms with van der Waals surface area (Å²) in [4.78, 5) is 33.7. The molecule has 10 heteroatoms. The minimum Gasteiger partial charge on any atom is -0.481 e. The van der Waals surface area contributed by atoms with Crippen molar-refractivity contribution in [2.45, 2.75) is 25.8 Å². The van der Waals surface area contributed by atoms with Crippen molar-refractivity contribution in [1.29, 1.82) is 0 Å². The predicted molar refractivity (Wildman–Crippen MR) is 161 cm³/mol. The third-order valence-electron chi connectivity index (χ3n) is 8.77. The van der Waals surface area contributed by atoms with Gasteiger partial charge in [-0.2, -0.15) is 5.10 Å². The number of hydrogen-bond donors (Lipinski definition) is 1. The van der Waals surface area contributed by atoms with Gasteiger partial charge < -0.3 is 14.9 Å². The van der Waals surface area contributed by atoms with Crippen molar-refractivity contribution >= 4 is 23.2 Å². The Morgan fingerprint density at radius 2 is 1.75 bits per heavy atom. The molecule has 1 amide bonds. The van der Waals surface area contributed by atoms with E-state index < -0.39 is 23.5 Å². The SMILES string of the molecule is C[C@@H]1c2ccccc2CCN1C(=O)c1cc(-c2ccc(F)cc2)n2nc(-c3ccc(N4CC[C@H](C(=O)O)C4)cc3F)cc2n1. The van der Waals surface area contributed by atoms with Crippen molar-refractivity contribution in [1.82, 2.24) is 19.5 Å². The summed E-state index contributed by atoms with van der Waals surface area (Å²) >= 11 is 0. The molecule has 0 bridgehead atoms. The van der Waals surface area contributed by atoms with Crippen LogP contribution in [-0.4, -0.2) is 56.1 Å². The van der Waals surface area contributed by atoms with Gasteiger partial charge in [0.25, 0.3) is 5.91 Å². The summed E-state index contributed by atoms with van der Waals surface area (Å²) in [6.45, 7) is 3.41. The first-order chi connectivity index (χ1) is 21.3. The zero-order chi connectivity index (χ0) is 30.5. The highest BCUT2D eigenvalue weighted by molar-refractivity contribution is 5.94. The van der Waals surface area contributed by atoms with Crippen LogP contribution in [0.3, 0.4) is 0 Å². The van der Waals surface area contributed by atoms with E-state index in [0.29, 0.717) is 54.3 Å². The number of aliphatic carboxylic acids is 1. The van der Waals surface area contributed by atoms with E-state index >= 15 is 4.39 Å². The maximum Gasteiger partial charge on any atom is 0.308 e. The molecule has 2 aliphatic heterocycles. The first kappa shape index (κ1) is 27.7. The van der Waals surface area contributed by atoms with E-state index in [0.717, 1.165) is 12.0 Å². The van der Waals surface area contributed by atoms with Crippen LogP contribution < -0.4 is 4.90 Å². The van der Waals surface area contributed by atoms with Crippen molar-refractivity contribution in [3.8, 4) is 22.5 Å². The molecule has 7 rings (SSSR count). The van der Waals surface area contributed by atoms with Crippen LogP contribution in [0.5, 0.6) is 0 Å². The Hall–Kier alpha value is -5.12. The number of anilines is 1. The number of carbonyl (C=O) groups is 2. The fourth-order valence-electron chi connectivity index (χ4n) is 6.34. The highest BCUT2D eigenvalue weighted by Crippen LogP contribution is 2.33. The molecular formula is C34H29F2N5O3. The summed E-state index contributed by atoms with van der Waals surface area (Å²) < 4.78 is 30.9. The van der Waals surface area contributed by atoms with Crippen LogP contribution in [0.4, 0.5) is 14.5 Å². The third kappa shape index (κ3) is 4.86. The fraction of sp³-hybridized carbons (Fsp3) is 0.235. The number of amides is 1. The van der Waals surface area contributed by atoms with Gasteiger partial charge in [0.15, 0.2) is 5.65 Å². The normalized spacial score (nSPS) is 18.1. The average Bonchev–Trinajstić information content (AvgIpc) is 3.69. The van der Waals surface area contributed by atoms with Gasteiger partial charge in [0, 0.05) is 42.5 Å². The quantitative estimate of drug-likeness (QED) is 0.268. The molecule has 8 nitrogen and oxygen atoms in total. The summed E-state index contributed by atoms with van der Waals surface area (Å²) in [6.07, 6.45) is 1.24. The number of nitrogens with zero attached hydrogens (tertiary/aromatic N) is 5. The maximum atomic E-state index is 15.5. The third-order valence-corrected chi connectivity index (χ3v) is 8.77. The Balaban J connectivity index is 1.27. The number of halogens is 2. The molecule has 222 valence electrons. The molecule has 2 aromatic heterocycles. The smallest absolute Gasteiger partial charge is 0.308 e. The molecule has 0 unspecified atom stereocenters. The van der Waals surface area contributed by atoms with Gasteiger partial charge in [0.05, 0.1) is 23.3 Å². The van der Waals surface area contributed by atoms with Crippen LogP contribution in [0.15, 0.2) is 78.9 Å². The summed E-state index contributed by atoms with van der Waals surface area (Å²) in [5, 5.41) is 14.0. The zero-order valence-electron chi connectivity index (χ0n) is 24.0. The van der Waals surface area contributed by atoms with Gasteiger partial charge >= 0.3 is 5.97 Å². The molecule has 4 heterocycles. The van der Waals surface area contributed by atoms with Gasteiger partial charge in [-0.05, 0) is 79.4 Å². The van der Waals surface area contributed by atoms with E-state index in [4.69, 9.17) is 0 Å². The molecule has 1 N–H and O–H groups in total. The molecule has 2 aliphatic rings. The first-order valence-corrected chi connectivity index (χ1v) is 14.6. The Labute approximate surface area is 252 Å². The van der Waals surface area contributed by atoms with Gasteiger partial charge in [0.1, 0.15) is 17.3 Å². The summed E-state index contributed by atoms with van der Waals surface area (Å²) in [5.74, 6) is -2.47. The van der Waals surface area contributed by atoms with Crippen LogP contribution >= 0.6 is 0 Å². The Kier molecular flexibility index (Phi) is 6.84. The fourth-order valence-corrected chi connectivity index (χ4v) is 6.34. The summed E-state index contributed by atoms with van der Waals surface area (Å²) in [5.41, 5.74) is 5.20. The van der Waals surface area contributed by atoms with Crippen molar-refractivity contribution in [2.24, 2.45) is 5.92 Å². The van der Waals surface area contributed by atoms with Crippen LogP contribution in [0.2, 0.25) is 0 Å². The topological polar surface area (TPSA) is 91.0 Å². The first-order valence-electron chi connectivity index (χ1n) is 14.6. The van der Waals surface area contributed by atoms with E-state index in [1.165, 1.54) is 23.8 Å². The van der Waals surface area contributed by atoms with E-state index in [2.05, 4.69) is 16.1 Å². The lowest BCUT2D eigenvalue weighted by Crippen LogP contribution is -2.39. The standard InChI is InChI=1S/C34H29F2N5O3/c1-20-26-5-3-2-4-21(26)13-15-40(20)33(42)30-17-31(22-6-8-24(35)9-7-22)41-32(37-30)18-29(38-41)27-11-10-25(16-28(27)36)39-14-12-23(19-39)34(43)44/h2-11,16-18,20,23H,12-15,19H2,1H3,(H,43,44)/t20-,23+/m1/s1. The molecule has 0 spiro atoms. The zero-order valence-corrected chi connectivity index (χ0v) is 24.0. The lowest BCUT2D eigenvalue weighted by atomic mass is 9.93. The molecule has 3 aromatic carbocycles.